The number of aromatic nitrogens is 1. The maximum absolute atomic E-state index is 12.0. The number of aliphatic hydroxyl groups is 1. The van der Waals surface area contributed by atoms with Crippen LogP contribution in [-0.2, 0) is 4.74 Å². The number of nitrogens with zero attached hydrogens (tertiary/aromatic N) is 1. The third-order valence-corrected chi connectivity index (χ3v) is 3.94. The van der Waals surface area contributed by atoms with Crippen LogP contribution in [0.4, 0.5) is 0 Å². The third kappa shape index (κ3) is 4.31. The van der Waals surface area contributed by atoms with Crippen molar-refractivity contribution in [2.45, 2.75) is 19.4 Å². The molecule has 0 saturated heterocycles. The summed E-state index contributed by atoms with van der Waals surface area (Å²) in [7, 11) is 0. The van der Waals surface area contributed by atoms with Gasteiger partial charge in [-0.3, -0.25) is 0 Å². The van der Waals surface area contributed by atoms with Crippen molar-refractivity contribution in [3.05, 3.63) is 52.0 Å². The summed E-state index contributed by atoms with van der Waals surface area (Å²) in [6, 6.07) is 9.89. The average molecular weight is 380 g/mol. The smallest absolute Gasteiger partial charge is 0.338 e. The van der Waals surface area contributed by atoms with Gasteiger partial charge >= 0.3 is 5.97 Å². The zero-order valence-corrected chi connectivity index (χ0v) is 14.8. The molecule has 1 atom stereocenters. The van der Waals surface area contributed by atoms with E-state index in [0.29, 0.717) is 44.6 Å². The van der Waals surface area contributed by atoms with Crippen molar-refractivity contribution in [1.29, 1.82) is 0 Å². The third-order valence-electron chi connectivity index (χ3n) is 3.50. The molecule has 3 aromatic rings. The molecule has 0 bridgehead atoms. The van der Waals surface area contributed by atoms with Gasteiger partial charge in [-0.1, -0.05) is 23.2 Å². The van der Waals surface area contributed by atoms with Crippen molar-refractivity contribution in [1.82, 2.24) is 4.98 Å². The number of ether oxygens (including phenoxy) is 1. The van der Waals surface area contributed by atoms with Gasteiger partial charge in [0.2, 0.25) is 5.89 Å². The lowest BCUT2D eigenvalue weighted by Crippen LogP contribution is -2.10. The number of carbonyl (C=O) groups excluding carboxylic acids is 1. The molecule has 1 N–H and O–H groups in total. The first-order valence-electron chi connectivity index (χ1n) is 7.64. The topological polar surface area (TPSA) is 72.6 Å². The van der Waals surface area contributed by atoms with Crippen molar-refractivity contribution in [2.24, 2.45) is 0 Å². The second-order valence-electron chi connectivity index (χ2n) is 5.63. The minimum atomic E-state index is -0.517. The highest BCUT2D eigenvalue weighted by atomic mass is 35.5. The molecule has 5 nitrogen and oxygen atoms in total. The van der Waals surface area contributed by atoms with E-state index in [9.17, 15) is 9.90 Å². The van der Waals surface area contributed by atoms with Crippen LogP contribution in [0.25, 0.3) is 22.6 Å². The van der Waals surface area contributed by atoms with Gasteiger partial charge in [0.15, 0.2) is 5.58 Å². The first-order valence-corrected chi connectivity index (χ1v) is 8.40. The molecule has 0 aliphatic rings. The molecule has 1 heterocycles. The van der Waals surface area contributed by atoms with Crippen LogP contribution in [0.1, 0.15) is 23.7 Å². The summed E-state index contributed by atoms with van der Waals surface area (Å²) in [4.78, 5) is 16.4. The molecular weight excluding hydrogens is 365 g/mol. The van der Waals surface area contributed by atoms with Gasteiger partial charge < -0.3 is 14.3 Å². The second kappa shape index (κ2) is 7.44. The maximum Gasteiger partial charge on any atom is 0.338 e. The number of carbonyl (C=O) groups is 1. The number of benzene rings is 2. The lowest BCUT2D eigenvalue weighted by Gasteiger charge is -2.06. The fourth-order valence-corrected chi connectivity index (χ4v) is 2.78. The fraction of sp³-hybridized carbons (Fsp3) is 0.222. The van der Waals surface area contributed by atoms with Gasteiger partial charge in [0.1, 0.15) is 5.52 Å². The van der Waals surface area contributed by atoms with Crippen LogP contribution in [0, 0.1) is 0 Å². The number of hydrogen-bond donors (Lipinski definition) is 1. The van der Waals surface area contributed by atoms with Crippen LogP contribution in [0.5, 0.6) is 0 Å². The van der Waals surface area contributed by atoms with E-state index in [1.165, 1.54) is 0 Å². The van der Waals surface area contributed by atoms with Crippen LogP contribution >= 0.6 is 23.2 Å². The van der Waals surface area contributed by atoms with E-state index in [2.05, 4.69) is 4.98 Å². The predicted octanol–water partition coefficient (Wildman–Crippen LogP) is 4.73. The van der Waals surface area contributed by atoms with Crippen molar-refractivity contribution >= 4 is 40.3 Å². The Morgan fingerprint density at radius 2 is 1.96 bits per heavy atom. The predicted molar refractivity (Wildman–Crippen MR) is 96.0 cm³/mol. The lowest BCUT2D eigenvalue weighted by molar-refractivity contribution is 0.0444. The molecule has 0 amide bonds. The summed E-state index contributed by atoms with van der Waals surface area (Å²) in [5.74, 6) is -0.120. The van der Waals surface area contributed by atoms with E-state index < -0.39 is 12.1 Å². The van der Waals surface area contributed by atoms with Crippen LogP contribution in [0.2, 0.25) is 10.0 Å². The summed E-state index contributed by atoms with van der Waals surface area (Å²) < 4.78 is 10.8. The van der Waals surface area contributed by atoms with Gasteiger partial charge in [-0.25, -0.2) is 9.78 Å². The molecule has 0 radical (unpaired) electrons. The van der Waals surface area contributed by atoms with Crippen molar-refractivity contribution < 1.29 is 19.1 Å². The highest BCUT2D eigenvalue weighted by molar-refractivity contribution is 6.35. The molecule has 0 aliphatic heterocycles. The van der Waals surface area contributed by atoms with Crippen molar-refractivity contribution in [2.75, 3.05) is 6.61 Å². The van der Waals surface area contributed by atoms with Crippen LogP contribution in [0.15, 0.2) is 40.8 Å². The van der Waals surface area contributed by atoms with Crippen molar-refractivity contribution in [3.63, 3.8) is 0 Å². The quantitative estimate of drug-likeness (QED) is 0.648. The van der Waals surface area contributed by atoms with Gasteiger partial charge in [0, 0.05) is 22.0 Å². The van der Waals surface area contributed by atoms with E-state index in [0.717, 1.165) is 0 Å². The maximum atomic E-state index is 12.0. The Labute approximate surface area is 154 Å². The van der Waals surface area contributed by atoms with Gasteiger partial charge in [-0.15, -0.1) is 0 Å². The van der Waals surface area contributed by atoms with Crippen LogP contribution < -0.4 is 0 Å². The number of esters is 1. The zero-order chi connectivity index (χ0) is 18.0. The van der Waals surface area contributed by atoms with Gasteiger partial charge in [0.25, 0.3) is 0 Å². The molecule has 25 heavy (non-hydrogen) atoms. The average Bonchev–Trinajstić information content (AvgIpc) is 2.96. The Balaban J connectivity index is 1.85. The Hall–Kier alpha value is -2.08. The number of fused-ring (bicyclic) bond motifs is 1. The largest absolute Gasteiger partial charge is 0.462 e. The zero-order valence-electron chi connectivity index (χ0n) is 13.3. The number of halogens is 2. The minimum Gasteiger partial charge on any atom is -0.462 e. The molecule has 1 unspecified atom stereocenters. The number of rotatable bonds is 5. The van der Waals surface area contributed by atoms with Gasteiger partial charge in [-0.05, 0) is 43.3 Å². The molecular formula is C18H15Cl2NO4. The van der Waals surface area contributed by atoms with E-state index in [1.807, 2.05) is 0 Å². The molecule has 0 fully saturated rings. The Morgan fingerprint density at radius 1 is 1.24 bits per heavy atom. The molecule has 2 aromatic carbocycles. The lowest BCUT2D eigenvalue weighted by atomic mass is 10.2. The second-order valence-corrected chi connectivity index (χ2v) is 6.51. The Kier molecular flexibility index (Phi) is 5.27. The normalized spacial score (nSPS) is 12.3. The molecule has 3 rings (SSSR count). The van der Waals surface area contributed by atoms with Gasteiger partial charge in [-0.2, -0.15) is 0 Å². The van der Waals surface area contributed by atoms with Crippen molar-refractivity contribution in [3.8, 4) is 11.5 Å². The summed E-state index contributed by atoms with van der Waals surface area (Å²) >= 11 is 12.0. The van der Waals surface area contributed by atoms with Crippen LogP contribution in [0.3, 0.4) is 0 Å². The molecule has 130 valence electrons. The first kappa shape index (κ1) is 17.7. The van der Waals surface area contributed by atoms with E-state index in [4.69, 9.17) is 32.4 Å². The molecule has 1 aromatic heterocycles. The Morgan fingerprint density at radius 3 is 2.64 bits per heavy atom. The molecule has 0 spiro atoms. The summed E-state index contributed by atoms with van der Waals surface area (Å²) in [5, 5.41) is 10.2. The van der Waals surface area contributed by atoms with E-state index in [1.54, 1.807) is 43.3 Å². The van der Waals surface area contributed by atoms with Gasteiger partial charge in [0.05, 0.1) is 18.3 Å². The molecule has 0 saturated carbocycles. The monoisotopic (exact) mass is 379 g/mol. The fourth-order valence-electron chi connectivity index (χ4n) is 2.26. The van der Waals surface area contributed by atoms with E-state index >= 15 is 0 Å². The molecule has 0 aliphatic carbocycles. The highest BCUT2D eigenvalue weighted by Crippen LogP contribution is 2.29. The minimum absolute atomic E-state index is 0.150. The summed E-state index contributed by atoms with van der Waals surface area (Å²) in [6.07, 6.45) is -0.132. The first-order chi connectivity index (χ1) is 11.9. The summed E-state index contributed by atoms with van der Waals surface area (Å²) in [5.41, 5.74) is 2.06. The number of aliphatic hydroxyl groups excluding tert-OH is 1. The standard InChI is InChI=1S/C18H15Cl2NO4/c1-10(22)4-5-24-18(23)11-2-3-15-16(8-11)25-17(21-15)12-6-13(19)9-14(20)7-12/h2-3,6-10,22H,4-5H2,1H3. The number of oxazole rings is 1. The number of hydrogen-bond acceptors (Lipinski definition) is 5. The SMILES string of the molecule is CC(O)CCOC(=O)c1ccc2nc(-c3cc(Cl)cc(Cl)c3)oc2c1. The Bertz CT molecular complexity index is 900. The summed E-state index contributed by atoms with van der Waals surface area (Å²) in [6.45, 7) is 1.79. The van der Waals surface area contributed by atoms with Crippen LogP contribution in [-0.4, -0.2) is 28.8 Å². The highest BCUT2D eigenvalue weighted by Gasteiger charge is 2.14. The molecule has 7 heteroatoms. The van der Waals surface area contributed by atoms with E-state index in [-0.39, 0.29) is 6.61 Å².